The largest absolute Gasteiger partial charge is 0.530 e. The Morgan fingerprint density at radius 1 is 1.30 bits per heavy atom. The van der Waals surface area contributed by atoms with Crippen molar-refractivity contribution >= 4 is 11.8 Å². The second kappa shape index (κ2) is 6.44. The quantitative estimate of drug-likeness (QED) is 0.628. The average molecular weight is 321 g/mol. The van der Waals surface area contributed by atoms with Crippen LogP contribution in [0.4, 0.5) is 10.5 Å². The zero-order valence-corrected chi connectivity index (χ0v) is 13.5. The van der Waals surface area contributed by atoms with Crippen LogP contribution >= 0.6 is 0 Å². The Hall–Kier alpha value is -2.31. The number of nitro groups is 1. The second-order valence-electron chi connectivity index (χ2n) is 6.82. The van der Waals surface area contributed by atoms with E-state index in [1.54, 1.807) is 0 Å². The standard InChI is InChI=1S/C16H22N2O5/c1-16(2,3)14-13(5-4-10-17(14)15(19)20)23-12-8-6-11(7-9-12)18(21)22/h6-9,13-14H,4-5,10H2,1-3H3,(H,19,20)/p-1. The molecule has 1 aliphatic rings. The molecule has 23 heavy (non-hydrogen) atoms. The van der Waals surface area contributed by atoms with Gasteiger partial charge in [0.2, 0.25) is 0 Å². The van der Waals surface area contributed by atoms with Gasteiger partial charge in [0.1, 0.15) is 17.9 Å². The number of non-ortho nitro benzene ring substituents is 1. The van der Waals surface area contributed by atoms with Gasteiger partial charge in [-0.05, 0) is 30.4 Å². The number of nitrogens with zero attached hydrogens (tertiary/aromatic N) is 2. The molecule has 0 radical (unpaired) electrons. The van der Waals surface area contributed by atoms with Gasteiger partial charge in [0, 0.05) is 18.7 Å². The minimum atomic E-state index is -1.19. The molecule has 1 aromatic rings. The molecular formula is C16H21N2O5-. The van der Waals surface area contributed by atoms with Crippen LogP contribution < -0.4 is 9.84 Å². The van der Waals surface area contributed by atoms with Gasteiger partial charge in [-0.1, -0.05) is 20.8 Å². The summed E-state index contributed by atoms with van der Waals surface area (Å²) in [7, 11) is 0. The van der Waals surface area contributed by atoms with E-state index in [2.05, 4.69) is 0 Å². The Balaban J connectivity index is 2.21. The fourth-order valence-electron chi connectivity index (χ4n) is 3.14. The van der Waals surface area contributed by atoms with Crippen molar-refractivity contribution in [3.8, 4) is 5.75 Å². The third kappa shape index (κ3) is 3.91. The van der Waals surface area contributed by atoms with Crippen LogP contribution in [0.15, 0.2) is 24.3 Å². The maximum absolute atomic E-state index is 11.4. The molecule has 1 aromatic carbocycles. The number of likely N-dealkylation sites (tertiary alicyclic amines) is 1. The number of carbonyl (C=O) groups excluding carboxylic acids is 1. The molecule has 1 heterocycles. The van der Waals surface area contributed by atoms with Crippen molar-refractivity contribution in [1.82, 2.24) is 4.90 Å². The van der Waals surface area contributed by atoms with E-state index in [1.165, 1.54) is 29.2 Å². The highest BCUT2D eigenvalue weighted by Gasteiger charge is 2.41. The van der Waals surface area contributed by atoms with E-state index in [0.717, 1.165) is 6.42 Å². The lowest BCUT2D eigenvalue weighted by Gasteiger charge is -2.48. The summed E-state index contributed by atoms with van der Waals surface area (Å²) in [5.41, 5.74) is -0.323. The Bertz CT molecular complexity index is 579. The molecule has 7 heteroatoms. The molecule has 0 N–H and O–H groups in total. The molecule has 0 bridgehead atoms. The molecule has 126 valence electrons. The zero-order chi connectivity index (χ0) is 17.2. The Labute approximate surface area is 135 Å². The Morgan fingerprint density at radius 2 is 1.91 bits per heavy atom. The fraction of sp³-hybridized carbons (Fsp3) is 0.562. The normalized spacial score (nSPS) is 21.8. The van der Waals surface area contributed by atoms with Gasteiger partial charge in [0.05, 0.1) is 11.0 Å². The topological polar surface area (TPSA) is 95.7 Å². The maximum atomic E-state index is 11.4. The lowest BCUT2D eigenvalue weighted by atomic mass is 9.79. The number of carboxylic acid groups (broad SMARTS) is 1. The van der Waals surface area contributed by atoms with Crippen LogP contribution in [-0.2, 0) is 0 Å². The SMILES string of the molecule is CC(C)(C)C1C(Oc2ccc([N+](=O)[O-])cc2)CCCN1C(=O)[O-]. The van der Waals surface area contributed by atoms with Gasteiger partial charge in [-0.25, -0.2) is 0 Å². The first-order valence-corrected chi connectivity index (χ1v) is 7.59. The summed E-state index contributed by atoms with van der Waals surface area (Å²) in [6, 6.07) is 5.49. The van der Waals surface area contributed by atoms with Gasteiger partial charge in [0.25, 0.3) is 5.69 Å². The van der Waals surface area contributed by atoms with Crippen LogP contribution in [0.25, 0.3) is 0 Å². The molecule has 0 aromatic heterocycles. The molecule has 0 spiro atoms. The molecule has 2 atom stereocenters. The zero-order valence-electron chi connectivity index (χ0n) is 13.5. The first-order chi connectivity index (χ1) is 10.7. The number of hydrogen-bond donors (Lipinski definition) is 0. The van der Waals surface area contributed by atoms with E-state index in [1.807, 2.05) is 20.8 Å². The fourth-order valence-corrected chi connectivity index (χ4v) is 3.14. The number of nitro benzene ring substituents is 1. The van der Waals surface area contributed by atoms with Gasteiger partial charge in [-0.2, -0.15) is 0 Å². The summed E-state index contributed by atoms with van der Waals surface area (Å²) in [4.78, 5) is 23.0. The number of rotatable bonds is 3. The van der Waals surface area contributed by atoms with Crippen molar-refractivity contribution in [2.75, 3.05) is 6.54 Å². The molecular weight excluding hydrogens is 300 g/mol. The Kier molecular flexibility index (Phi) is 4.77. The Morgan fingerprint density at radius 3 is 2.39 bits per heavy atom. The first-order valence-electron chi connectivity index (χ1n) is 7.59. The molecule has 1 aliphatic heterocycles. The van der Waals surface area contributed by atoms with Crippen LogP contribution in [-0.4, -0.2) is 34.6 Å². The van der Waals surface area contributed by atoms with E-state index in [9.17, 15) is 20.0 Å². The second-order valence-corrected chi connectivity index (χ2v) is 6.82. The van der Waals surface area contributed by atoms with Crippen LogP contribution in [0.2, 0.25) is 0 Å². The first kappa shape index (κ1) is 17.1. The minimum Gasteiger partial charge on any atom is -0.530 e. The minimum absolute atomic E-state index is 0.00951. The average Bonchev–Trinajstić information content (AvgIpc) is 2.46. The van der Waals surface area contributed by atoms with Crippen molar-refractivity contribution < 1.29 is 19.6 Å². The van der Waals surface area contributed by atoms with Gasteiger partial charge in [-0.15, -0.1) is 0 Å². The van der Waals surface area contributed by atoms with Crippen molar-refractivity contribution in [1.29, 1.82) is 0 Å². The lowest BCUT2D eigenvalue weighted by molar-refractivity contribution is -0.384. The number of ether oxygens (including phenoxy) is 1. The number of hydrogen-bond acceptors (Lipinski definition) is 5. The van der Waals surface area contributed by atoms with Gasteiger partial charge >= 0.3 is 0 Å². The van der Waals surface area contributed by atoms with Crippen molar-refractivity contribution in [2.45, 2.75) is 45.8 Å². The highest BCUT2D eigenvalue weighted by atomic mass is 16.6. The third-order valence-electron chi connectivity index (χ3n) is 4.03. The number of piperidine rings is 1. The molecule has 0 saturated carbocycles. The van der Waals surface area contributed by atoms with E-state index >= 15 is 0 Å². The van der Waals surface area contributed by atoms with Crippen molar-refractivity contribution in [2.24, 2.45) is 5.41 Å². The number of carbonyl (C=O) groups is 1. The monoisotopic (exact) mass is 321 g/mol. The number of amides is 1. The maximum Gasteiger partial charge on any atom is 0.269 e. The predicted octanol–water partition coefficient (Wildman–Crippen LogP) is 2.20. The molecule has 1 fully saturated rings. The molecule has 2 unspecified atom stereocenters. The van der Waals surface area contributed by atoms with Crippen molar-refractivity contribution in [3.05, 3.63) is 34.4 Å². The summed E-state index contributed by atoms with van der Waals surface area (Å²) in [6.07, 6.45) is -0.0917. The van der Waals surface area contributed by atoms with Gasteiger partial charge in [-0.3, -0.25) is 10.1 Å². The smallest absolute Gasteiger partial charge is 0.269 e. The van der Waals surface area contributed by atoms with E-state index in [4.69, 9.17) is 4.74 Å². The summed E-state index contributed by atoms with van der Waals surface area (Å²) in [5, 5.41) is 22.1. The van der Waals surface area contributed by atoms with Gasteiger partial charge < -0.3 is 19.5 Å². The van der Waals surface area contributed by atoms with E-state index in [-0.39, 0.29) is 23.2 Å². The predicted molar refractivity (Wildman–Crippen MR) is 82.1 cm³/mol. The van der Waals surface area contributed by atoms with Gasteiger partial charge in [0.15, 0.2) is 0 Å². The summed E-state index contributed by atoms with van der Waals surface area (Å²) in [6.45, 7) is 6.33. The molecule has 0 aliphatic carbocycles. The van der Waals surface area contributed by atoms with Crippen LogP contribution in [0, 0.1) is 15.5 Å². The molecule has 1 saturated heterocycles. The highest BCUT2D eigenvalue weighted by molar-refractivity contribution is 5.63. The summed E-state index contributed by atoms with van der Waals surface area (Å²) >= 11 is 0. The lowest BCUT2D eigenvalue weighted by Crippen LogP contribution is -2.61. The van der Waals surface area contributed by atoms with Crippen LogP contribution in [0.5, 0.6) is 5.75 Å². The third-order valence-corrected chi connectivity index (χ3v) is 4.03. The van der Waals surface area contributed by atoms with E-state index in [0.29, 0.717) is 18.7 Å². The van der Waals surface area contributed by atoms with Crippen LogP contribution in [0.1, 0.15) is 33.6 Å². The van der Waals surface area contributed by atoms with Crippen molar-refractivity contribution in [3.63, 3.8) is 0 Å². The molecule has 1 amide bonds. The summed E-state index contributed by atoms with van der Waals surface area (Å²) < 4.78 is 5.95. The highest BCUT2D eigenvalue weighted by Crippen LogP contribution is 2.34. The summed E-state index contributed by atoms with van der Waals surface area (Å²) in [5.74, 6) is 0.495. The molecule has 2 rings (SSSR count). The van der Waals surface area contributed by atoms with Crippen LogP contribution in [0.3, 0.4) is 0 Å². The van der Waals surface area contributed by atoms with E-state index < -0.39 is 11.0 Å². The number of benzene rings is 1. The molecule has 7 nitrogen and oxygen atoms in total.